The molecule has 0 aliphatic carbocycles. The van der Waals surface area contributed by atoms with Crippen LogP contribution in [0, 0.1) is 0 Å². The molecule has 0 amide bonds. The molecule has 1 saturated heterocycles. The number of rotatable bonds is 3. The molecule has 1 N–H and O–H groups in total. The van der Waals surface area contributed by atoms with E-state index in [1.807, 2.05) is 0 Å². The maximum atomic E-state index is 12.5. The van der Waals surface area contributed by atoms with Crippen molar-refractivity contribution >= 4 is 52.1 Å². The van der Waals surface area contributed by atoms with Gasteiger partial charge in [0.25, 0.3) is 0 Å². The van der Waals surface area contributed by atoms with Crippen molar-refractivity contribution < 1.29 is 14.6 Å². The molecule has 118 valence electrons. The lowest BCUT2D eigenvalue weighted by atomic mass is 9.95. The number of aliphatic hydroxyl groups is 1. The van der Waals surface area contributed by atoms with Gasteiger partial charge in [-0.25, -0.2) is 14.8 Å². The summed E-state index contributed by atoms with van der Waals surface area (Å²) in [5.41, 5.74) is -0.686. The molecule has 0 radical (unpaired) electrons. The number of nitrogens with zero attached hydrogens (tertiary/aromatic N) is 4. The van der Waals surface area contributed by atoms with Gasteiger partial charge in [-0.05, 0) is 18.5 Å². The Morgan fingerprint density at radius 2 is 2.36 bits per heavy atom. The maximum Gasteiger partial charge on any atom is 0.336 e. The van der Waals surface area contributed by atoms with Crippen LogP contribution in [0.4, 0.5) is 0 Å². The van der Waals surface area contributed by atoms with Crippen molar-refractivity contribution in [2.75, 3.05) is 18.1 Å². The minimum Gasteiger partial charge on any atom is -0.464 e. The van der Waals surface area contributed by atoms with E-state index in [1.165, 1.54) is 22.7 Å². The van der Waals surface area contributed by atoms with E-state index in [0.717, 1.165) is 0 Å². The molecule has 0 saturated carbocycles. The molecule has 0 aromatic carbocycles. The second-order valence-electron chi connectivity index (χ2n) is 4.75. The first kappa shape index (κ1) is 15.8. The van der Waals surface area contributed by atoms with Crippen LogP contribution in [0.2, 0.25) is 10.4 Å². The lowest BCUT2D eigenvalue weighted by Crippen LogP contribution is -2.51. The molecule has 2 aromatic heterocycles. The average Bonchev–Trinajstić information content (AvgIpc) is 3.03. The van der Waals surface area contributed by atoms with Crippen molar-refractivity contribution in [3.63, 3.8) is 0 Å². The van der Waals surface area contributed by atoms with Crippen molar-refractivity contribution in [3.05, 3.63) is 16.8 Å². The van der Waals surface area contributed by atoms with Crippen LogP contribution < -0.4 is 0 Å². The van der Waals surface area contributed by atoms with Crippen LogP contribution in [0.15, 0.2) is 6.33 Å². The van der Waals surface area contributed by atoms with Gasteiger partial charge in [0.1, 0.15) is 5.52 Å². The zero-order valence-electron chi connectivity index (χ0n) is 11.5. The third-order valence-corrected chi connectivity index (χ3v) is 5.16. The number of aliphatic hydroxyl groups excluding tert-OH is 1. The number of hydrogen-bond donors (Lipinski definition) is 1. The van der Waals surface area contributed by atoms with Crippen LogP contribution >= 0.6 is 35.0 Å². The van der Waals surface area contributed by atoms with E-state index >= 15 is 0 Å². The first-order valence-corrected chi connectivity index (χ1v) is 8.41. The summed E-state index contributed by atoms with van der Waals surface area (Å²) >= 11 is 13.3. The van der Waals surface area contributed by atoms with Crippen LogP contribution in [0.3, 0.4) is 0 Å². The van der Waals surface area contributed by atoms with Crippen LogP contribution in [0.1, 0.15) is 6.92 Å². The standard InChI is InChI=1S/C12H12Cl2N4O3S/c1-2-21-10(20)12(4-22-3-6(12)19)18-5-15-7-8(13)16-11(14)17-9(7)18/h5-6,19H,2-4H2,1H3. The number of imidazole rings is 1. The number of halogens is 2. The van der Waals surface area contributed by atoms with Gasteiger partial charge in [0, 0.05) is 11.5 Å². The summed E-state index contributed by atoms with van der Waals surface area (Å²) in [6, 6.07) is 0. The summed E-state index contributed by atoms with van der Waals surface area (Å²) in [6.45, 7) is 1.92. The third kappa shape index (κ3) is 2.25. The Labute approximate surface area is 140 Å². The average molecular weight is 363 g/mol. The minimum atomic E-state index is -1.30. The maximum absolute atomic E-state index is 12.5. The highest BCUT2D eigenvalue weighted by Gasteiger charge is 2.53. The highest BCUT2D eigenvalue weighted by atomic mass is 35.5. The molecule has 2 unspecified atom stereocenters. The first-order valence-electron chi connectivity index (χ1n) is 6.50. The van der Waals surface area contributed by atoms with Gasteiger partial charge >= 0.3 is 5.97 Å². The lowest BCUT2D eigenvalue weighted by Gasteiger charge is -2.30. The number of ether oxygens (including phenoxy) is 1. The lowest BCUT2D eigenvalue weighted by molar-refractivity contribution is -0.157. The summed E-state index contributed by atoms with van der Waals surface area (Å²) in [4.78, 5) is 24.6. The van der Waals surface area contributed by atoms with E-state index in [1.54, 1.807) is 6.92 Å². The third-order valence-electron chi connectivity index (χ3n) is 3.53. The van der Waals surface area contributed by atoms with Gasteiger partial charge in [0.15, 0.2) is 16.3 Å². The molecule has 2 atom stereocenters. The van der Waals surface area contributed by atoms with Crippen molar-refractivity contribution in [2.45, 2.75) is 18.6 Å². The number of esters is 1. The monoisotopic (exact) mass is 362 g/mol. The topological polar surface area (TPSA) is 90.1 Å². The van der Waals surface area contributed by atoms with Crippen molar-refractivity contribution in [3.8, 4) is 0 Å². The summed E-state index contributed by atoms with van der Waals surface area (Å²) in [6.07, 6.45) is 0.481. The van der Waals surface area contributed by atoms with E-state index in [0.29, 0.717) is 22.7 Å². The van der Waals surface area contributed by atoms with E-state index in [-0.39, 0.29) is 17.0 Å². The number of carbonyl (C=O) groups excluding carboxylic acids is 1. The van der Waals surface area contributed by atoms with E-state index in [4.69, 9.17) is 27.9 Å². The molecule has 1 aliphatic rings. The largest absolute Gasteiger partial charge is 0.464 e. The highest BCUT2D eigenvalue weighted by molar-refractivity contribution is 7.99. The van der Waals surface area contributed by atoms with Crippen LogP contribution in [-0.2, 0) is 15.1 Å². The molecule has 0 bridgehead atoms. The summed E-state index contributed by atoms with van der Waals surface area (Å²) < 4.78 is 6.65. The molecule has 1 aliphatic heterocycles. The molecule has 3 heterocycles. The molecule has 7 nitrogen and oxygen atoms in total. The van der Waals surface area contributed by atoms with Crippen molar-refractivity contribution in [2.24, 2.45) is 0 Å². The molecule has 3 rings (SSSR count). The zero-order valence-corrected chi connectivity index (χ0v) is 13.8. The van der Waals surface area contributed by atoms with Crippen LogP contribution in [0.25, 0.3) is 11.2 Å². The summed E-state index contributed by atoms with van der Waals surface area (Å²) in [5.74, 6) is 0.223. The van der Waals surface area contributed by atoms with Gasteiger partial charge in [-0.2, -0.15) is 16.7 Å². The van der Waals surface area contributed by atoms with E-state index < -0.39 is 17.6 Å². The molecule has 10 heteroatoms. The first-order chi connectivity index (χ1) is 10.5. The highest BCUT2D eigenvalue weighted by Crippen LogP contribution is 2.38. The Hall–Kier alpha value is -1.09. The minimum absolute atomic E-state index is 0.0570. The van der Waals surface area contributed by atoms with Crippen LogP contribution in [0.5, 0.6) is 0 Å². The number of hydrogen-bond acceptors (Lipinski definition) is 7. The Morgan fingerprint density at radius 1 is 1.59 bits per heavy atom. The predicted octanol–water partition coefficient (Wildman–Crippen LogP) is 1.50. The van der Waals surface area contributed by atoms with Crippen molar-refractivity contribution in [1.82, 2.24) is 19.5 Å². The molecular weight excluding hydrogens is 351 g/mol. The molecule has 1 fully saturated rings. The Balaban J connectivity index is 2.23. The van der Waals surface area contributed by atoms with Crippen LogP contribution in [-0.4, -0.2) is 54.8 Å². The predicted molar refractivity (Wildman–Crippen MR) is 83.3 cm³/mol. The fraction of sp³-hybridized carbons (Fsp3) is 0.500. The Kier molecular flexibility index (Phi) is 4.19. The second-order valence-corrected chi connectivity index (χ2v) is 6.47. The fourth-order valence-corrected chi connectivity index (χ4v) is 4.27. The molecular formula is C12H12Cl2N4O3S. The Bertz CT molecular complexity index is 740. The summed E-state index contributed by atoms with van der Waals surface area (Å²) in [7, 11) is 0. The van der Waals surface area contributed by atoms with Gasteiger partial charge < -0.3 is 9.84 Å². The molecule has 0 spiro atoms. The van der Waals surface area contributed by atoms with Gasteiger partial charge in [0.2, 0.25) is 5.28 Å². The molecule has 2 aromatic rings. The normalized spacial score (nSPS) is 24.8. The SMILES string of the molecule is CCOC(=O)C1(n2cnc3c(Cl)nc(Cl)nc32)CSCC1O. The van der Waals surface area contributed by atoms with Gasteiger partial charge in [-0.1, -0.05) is 11.6 Å². The van der Waals surface area contributed by atoms with Crippen molar-refractivity contribution in [1.29, 1.82) is 0 Å². The number of aromatic nitrogens is 4. The van der Waals surface area contributed by atoms with Gasteiger partial charge in [0.05, 0.1) is 19.0 Å². The van der Waals surface area contributed by atoms with E-state index in [9.17, 15) is 9.90 Å². The second kappa shape index (κ2) is 5.84. The Morgan fingerprint density at radius 3 is 3.00 bits per heavy atom. The summed E-state index contributed by atoms with van der Waals surface area (Å²) in [5, 5.41) is 10.5. The smallest absolute Gasteiger partial charge is 0.336 e. The zero-order chi connectivity index (χ0) is 15.9. The van der Waals surface area contributed by atoms with E-state index in [2.05, 4.69) is 15.0 Å². The molecule has 22 heavy (non-hydrogen) atoms. The number of carbonyl (C=O) groups is 1. The number of thioether (sulfide) groups is 1. The van der Waals surface area contributed by atoms with Gasteiger partial charge in [-0.3, -0.25) is 4.57 Å². The quantitative estimate of drug-likeness (QED) is 0.502. The van der Waals surface area contributed by atoms with Gasteiger partial charge in [-0.15, -0.1) is 0 Å². The number of fused-ring (bicyclic) bond motifs is 1. The fourth-order valence-electron chi connectivity index (χ4n) is 2.47.